The van der Waals surface area contributed by atoms with Crippen molar-refractivity contribution in [1.29, 1.82) is 0 Å². The maximum atomic E-state index is 11.7. The number of carbonyl (C=O) groups excluding carboxylic acids is 1. The van der Waals surface area contributed by atoms with Crippen molar-refractivity contribution in [3.63, 3.8) is 0 Å². The summed E-state index contributed by atoms with van der Waals surface area (Å²) in [5, 5.41) is 3.37. The number of aromatic nitrogens is 1. The largest absolute Gasteiger partial charge is 0.352 e. The quantitative estimate of drug-likeness (QED) is 0.660. The maximum absolute atomic E-state index is 11.7. The van der Waals surface area contributed by atoms with Gasteiger partial charge in [0.15, 0.2) is 0 Å². The first kappa shape index (κ1) is 12.7. The molecule has 1 aliphatic rings. The summed E-state index contributed by atoms with van der Waals surface area (Å²) in [6.07, 6.45) is 6.38. The van der Waals surface area contributed by atoms with Crippen molar-refractivity contribution in [2.24, 2.45) is 5.92 Å². The van der Waals surface area contributed by atoms with E-state index in [-0.39, 0.29) is 11.1 Å². The van der Waals surface area contributed by atoms with E-state index in [4.69, 9.17) is 23.2 Å². The zero-order valence-corrected chi connectivity index (χ0v) is 10.9. The summed E-state index contributed by atoms with van der Waals surface area (Å²) < 4.78 is 0. The fourth-order valence-electron chi connectivity index (χ4n) is 1.65. The van der Waals surface area contributed by atoms with Gasteiger partial charge in [-0.05, 0) is 24.8 Å². The van der Waals surface area contributed by atoms with Gasteiger partial charge in [-0.2, -0.15) is 0 Å². The lowest BCUT2D eigenvalue weighted by atomic mass is 10.2. The predicted molar refractivity (Wildman–Crippen MR) is 68.5 cm³/mol. The molecular formula is C12H14Cl2N2O. The van der Waals surface area contributed by atoms with E-state index in [9.17, 15) is 4.79 Å². The molecule has 1 heterocycles. The molecule has 1 amide bonds. The Morgan fingerprint density at radius 3 is 2.88 bits per heavy atom. The number of amides is 1. The van der Waals surface area contributed by atoms with Gasteiger partial charge in [-0.15, -0.1) is 0 Å². The Bertz CT molecular complexity index is 419. The molecule has 1 N–H and O–H groups in total. The third-order valence-corrected chi connectivity index (χ3v) is 3.52. The minimum absolute atomic E-state index is 0.146. The lowest BCUT2D eigenvalue weighted by molar-refractivity contribution is 0.0952. The monoisotopic (exact) mass is 272 g/mol. The summed E-state index contributed by atoms with van der Waals surface area (Å²) in [6.45, 7) is 0.704. The highest BCUT2D eigenvalue weighted by Gasteiger charge is 2.20. The van der Waals surface area contributed by atoms with E-state index in [1.165, 1.54) is 31.5 Å². The van der Waals surface area contributed by atoms with Gasteiger partial charge in [-0.1, -0.05) is 36.0 Å². The summed E-state index contributed by atoms with van der Waals surface area (Å²) in [4.78, 5) is 15.6. The van der Waals surface area contributed by atoms with Crippen LogP contribution in [0.1, 0.15) is 36.0 Å². The number of nitrogens with one attached hydrogen (secondary N) is 1. The fraction of sp³-hybridized carbons (Fsp3) is 0.500. The molecule has 1 fully saturated rings. The zero-order valence-electron chi connectivity index (χ0n) is 9.38. The van der Waals surface area contributed by atoms with Crippen LogP contribution < -0.4 is 5.32 Å². The number of hydrogen-bond donors (Lipinski definition) is 1. The Morgan fingerprint density at radius 1 is 1.47 bits per heavy atom. The van der Waals surface area contributed by atoms with Gasteiger partial charge in [0.2, 0.25) is 0 Å². The topological polar surface area (TPSA) is 42.0 Å². The lowest BCUT2D eigenvalue weighted by Gasteiger charge is -2.05. The van der Waals surface area contributed by atoms with E-state index < -0.39 is 0 Å². The average Bonchev–Trinajstić information content (AvgIpc) is 3.12. The van der Waals surface area contributed by atoms with Crippen LogP contribution >= 0.6 is 23.2 Å². The first-order chi connectivity index (χ1) is 8.16. The summed E-state index contributed by atoms with van der Waals surface area (Å²) in [5.74, 6) is 0.755. The van der Waals surface area contributed by atoms with Crippen molar-refractivity contribution >= 4 is 29.1 Å². The van der Waals surface area contributed by atoms with Gasteiger partial charge >= 0.3 is 0 Å². The minimum atomic E-state index is -0.146. The van der Waals surface area contributed by atoms with Crippen molar-refractivity contribution < 1.29 is 4.79 Å². The van der Waals surface area contributed by atoms with Gasteiger partial charge < -0.3 is 5.32 Å². The molecule has 0 unspecified atom stereocenters. The molecule has 92 valence electrons. The van der Waals surface area contributed by atoms with Gasteiger partial charge in [0, 0.05) is 12.7 Å². The minimum Gasteiger partial charge on any atom is -0.352 e. The third-order valence-electron chi connectivity index (χ3n) is 2.83. The average molecular weight is 273 g/mol. The number of pyridine rings is 1. The predicted octanol–water partition coefficient (Wildman–Crippen LogP) is 3.31. The third kappa shape index (κ3) is 3.86. The number of rotatable bonds is 5. The molecule has 0 atom stereocenters. The molecule has 1 saturated carbocycles. The molecule has 1 aromatic heterocycles. The molecule has 0 spiro atoms. The molecule has 0 bridgehead atoms. The van der Waals surface area contributed by atoms with Gasteiger partial charge in [-0.3, -0.25) is 4.79 Å². The van der Waals surface area contributed by atoms with E-state index in [2.05, 4.69) is 10.3 Å². The first-order valence-corrected chi connectivity index (χ1v) is 6.51. The second-order valence-corrected chi connectivity index (χ2v) is 5.10. The SMILES string of the molecule is O=C(NCCCC1CC1)c1cnc(Cl)c(Cl)c1. The zero-order chi connectivity index (χ0) is 12.3. The summed E-state index contributed by atoms with van der Waals surface area (Å²) >= 11 is 11.5. The van der Waals surface area contributed by atoms with E-state index in [1.54, 1.807) is 0 Å². The van der Waals surface area contributed by atoms with Crippen molar-refractivity contribution in [3.8, 4) is 0 Å². The van der Waals surface area contributed by atoms with Crippen LogP contribution in [0.15, 0.2) is 12.3 Å². The standard InChI is InChI=1S/C12H14Cl2N2O/c13-10-6-9(7-16-11(10)14)12(17)15-5-1-2-8-3-4-8/h6-8H,1-5H2,(H,15,17). The van der Waals surface area contributed by atoms with Crippen LogP contribution in [0.25, 0.3) is 0 Å². The lowest BCUT2D eigenvalue weighted by Crippen LogP contribution is -2.24. The molecule has 2 rings (SSSR count). The molecule has 1 aromatic rings. The van der Waals surface area contributed by atoms with Crippen molar-refractivity contribution in [1.82, 2.24) is 10.3 Å². The van der Waals surface area contributed by atoms with Gasteiger partial charge in [0.1, 0.15) is 5.15 Å². The van der Waals surface area contributed by atoms with Crippen LogP contribution in [-0.4, -0.2) is 17.4 Å². The molecule has 5 heteroatoms. The van der Waals surface area contributed by atoms with Crippen LogP contribution in [0.2, 0.25) is 10.2 Å². The highest BCUT2D eigenvalue weighted by atomic mass is 35.5. The van der Waals surface area contributed by atoms with Gasteiger partial charge in [-0.25, -0.2) is 4.98 Å². The van der Waals surface area contributed by atoms with Crippen molar-refractivity contribution in [2.45, 2.75) is 25.7 Å². The molecule has 0 aromatic carbocycles. The highest BCUT2D eigenvalue weighted by molar-refractivity contribution is 6.41. The smallest absolute Gasteiger partial charge is 0.252 e. The van der Waals surface area contributed by atoms with E-state index in [1.807, 2.05) is 0 Å². The number of hydrogen-bond acceptors (Lipinski definition) is 2. The van der Waals surface area contributed by atoms with Crippen LogP contribution in [0.4, 0.5) is 0 Å². The van der Waals surface area contributed by atoms with Crippen molar-refractivity contribution in [2.75, 3.05) is 6.54 Å². The van der Waals surface area contributed by atoms with Crippen LogP contribution in [0, 0.1) is 5.92 Å². The number of halogens is 2. The number of nitrogens with zero attached hydrogens (tertiary/aromatic N) is 1. The maximum Gasteiger partial charge on any atom is 0.252 e. The summed E-state index contributed by atoms with van der Waals surface area (Å²) in [6, 6.07) is 1.53. The Hall–Kier alpha value is -0.800. The second kappa shape index (κ2) is 5.69. The highest BCUT2D eigenvalue weighted by Crippen LogP contribution is 2.33. The molecule has 0 aliphatic heterocycles. The Balaban J connectivity index is 1.79. The van der Waals surface area contributed by atoms with Crippen LogP contribution in [0.3, 0.4) is 0 Å². The number of carbonyl (C=O) groups is 1. The molecule has 3 nitrogen and oxygen atoms in total. The van der Waals surface area contributed by atoms with Gasteiger partial charge in [0.05, 0.1) is 10.6 Å². The first-order valence-electron chi connectivity index (χ1n) is 5.76. The summed E-state index contributed by atoms with van der Waals surface area (Å²) in [5.41, 5.74) is 0.450. The van der Waals surface area contributed by atoms with E-state index in [0.717, 1.165) is 12.3 Å². The molecule has 1 aliphatic carbocycles. The van der Waals surface area contributed by atoms with Gasteiger partial charge in [0.25, 0.3) is 5.91 Å². The van der Waals surface area contributed by atoms with E-state index in [0.29, 0.717) is 17.1 Å². The molecular weight excluding hydrogens is 259 g/mol. The van der Waals surface area contributed by atoms with Crippen LogP contribution in [-0.2, 0) is 0 Å². The molecule has 17 heavy (non-hydrogen) atoms. The van der Waals surface area contributed by atoms with Crippen molar-refractivity contribution in [3.05, 3.63) is 28.0 Å². The normalized spacial score (nSPS) is 14.7. The Labute approximate surface area is 111 Å². The molecule has 0 saturated heterocycles. The fourth-order valence-corrected chi connectivity index (χ4v) is 1.92. The Kier molecular flexibility index (Phi) is 4.24. The van der Waals surface area contributed by atoms with Crippen LogP contribution in [0.5, 0.6) is 0 Å². The molecule has 0 radical (unpaired) electrons. The van der Waals surface area contributed by atoms with E-state index >= 15 is 0 Å². The second-order valence-electron chi connectivity index (χ2n) is 4.34. The summed E-state index contributed by atoms with van der Waals surface area (Å²) in [7, 11) is 0. The Morgan fingerprint density at radius 2 is 2.24 bits per heavy atom.